The molecule has 1 unspecified atom stereocenters. The van der Waals surface area contributed by atoms with Gasteiger partial charge < -0.3 is 14.7 Å². The second-order valence-electron chi connectivity index (χ2n) is 9.85. The Morgan fingerprint density at radius 3 is 2.59 bits per heavy atom. The first-order chi connectivity index (χ1) is 15.0. The number of hydrogen-bond donors (Lipinski definition) is 1. The van der Waals surface area contributed by atoms with E-state index in [1.807, 2.05) is 19.9 Å². The largest absolute Gasteiger partial charge is 0.488 e. The zero-order valence-electron chi connectivity index (χ0n) is 18.8. The van der Waals surface area contributed by atoms with Crippen molar-refractivity contribution in [2.75, 3.05) is 25.9 Å². The summed E-state index contributed by atoms with van der Waals surface area (Å²) in [4.78, 5) is 6.70. The van der Waals surface area contributed by atoms with Crippen LogP contribution in [0.5, 0.6) is 5.75 Å². The Balaban J connectivity index is 1.42. The average Bonchev–Trinajstić information content (AvgIpc) is 3.09. The van der Waals surface area contributed by atoms with E-state index in [1.165, 1.54) is 6.07 Å². The zero-order chi connectivity index (χ0) is 23.1. The molecule has 0 amide bonds. The molecule has 1 aromatic carbocycles. The smallest absolute Gasteiger partial charge is 0.151 e. The number of hydrogen-bond acceptors (Lipinski definition) is 6. The molecular formula is C24H31FN2O4S. The van der Waals surface area contributed by atoms with Gasteiger partial charge in [-0.2, -0.15) is 0 Å². The topological polar surface area (TPSA) is 79.7 Å². The van der Waals surface area contributed by atoms with E-state index in [2.05, 4.69) is 9.88 Å². The number of rotatable bonds is 6. The molecule has 2 aromatic rings. The molecule has 174 valence electrons. The van der Waals surface area contributed by atoms with Crippen LogP contribution in [-0.4, -0.2) is 61.0 Å². The van der Waals surface area contributed by atoms with Crippen LogP contribution in [0.4, 0.5) is 4.39 Å². The van der Waals surface area contributed by atoms with Gasteiger partial charge in [0.1, 0.15) is 17.7 Å². The highest BCUT2D eigenvalue weighted by molar-refractivity contribution is 7.89. The van der Waals surface area contributed by atoms with Gasteiger partial charge in [-0.25, -0.2) is 12.8 Å². The number of fused-ring (bicyclic) bond motifs is 1. The summed E-state index contributed by atoms with van der Waals surface area (Å²) in [6.07, 6.45) is 5.70. The number of aliphatic hydroxyl groups is 1. The Morgan fingerprint density at radius 2 is 1.97 bits per heavy atom. The minimum absolute atomic E-state index is 0.0910. The number of aromatic nitrogens is 1. The van der Waals surface area contributed by atoms with Crippen LogP contribution in [0.15, 0.2) is 30.5 Å². The number of pyridine rings is 1. The summed E-state index contributed by atoms with van der Waals surface area (Å²) in [5, 5.41) is 10.0. The van der Waals surface area contributed by atoms with Crippen molar-refractivity contribution in [1.29, 1.82) is 0 Å². The highest BCUT2D eigenvalue weighted by atomic mass is 32.2. The lowest BCUT2D eigenvalue weighted by Crippen LogP contribution is -2.45. The summed E-state index contributed by atoms with van der Waals surface area (Å²) in [6, 6.07) is 6.38. The lowest BCUT2D eigenvalue weighted by molar-refractivity contribution is 0.0143. The molecule has 1 fully saturated rings. The van der Waals surface area contributed by atoms with E-state index in [0.29, 0.717) is 29.3 Å². The van der Waals surface area contributed by atoms with Crippen molar-refractivity contribution in [3.05, 3.63) is 47.4 Å². The van der Waals surface area contributed by atoms with Crippen molar-refractivity contribution >= 4 is 9.84 Å². The van der Waals surface area contributed by atoms with Gasteiger partial charge in [-0.15, -0.1) is 0 Å². The van der Waals surface area contributed by atoms with E-state index >= 15 is 0 Å². The van der Waals surface area contributed by atoms with Gasteiger partial charge in [0.05, 0.1) is 23.2 Å². The summed E-state index contributed by atoms with van der Waals surface area (Å²) < 4.78 is 43.8. The molecule has 0 bridgehead atoms. The highest BCUT2D eigenvalue weighted by Gasteiger charge is 2.34. The van der Waals surface area contributed by atoms with Crippen molar-refractivity contribution in [2.45, 2.75) is 50.6 Å². The summed E-state index contributed by atoms with van der Waals surface area (Å²) in [7, 11) is -3.22. The first-order valence-corrected chi connectivity index (χ1v) is 13.1. The van der Waals surface area contributed by atoms with Crippen molar-refractivity contribution < 1.29 is 22.7 Å². The number of β-amino-alcohol motifs (C(OH)–C–C–N with tert-alkyl or cyclic N) is 1. The van der Waals surface area contributed by atoms with Gasteiger partial charge in [-0.3, -0.25) is 4.98 Å². The van der Waals surface area contributed by atoms with E-state index in [9.17, 15) is 17.9 Å². The lowest BCUT2D eigenvalue weighted by Gasteiger charge is -2.36. The number of likely N-dealkylation sites (tertiary alicyclic amines) is 1. The van der Waals surface area contributed by atoms with Crippen LogP contribution in [0, 0.1) is 11.7 Å². The molecule has 8 heteroatoms. The fourth-order valence-electron chi connectivity index (χ4n) is 4.77. The number of benzene rings is 1. The first-order valence-electron chi connectivity index (χ1n) is 11.0. The van der Waals surface area contributed by atoms with Gasteiger partial charge in [-0.05, 0) is 69.5 Å². The maximum atomic E-state index is 14.7. The van der Waals surface area contributed by atoms with E-state index in [0.717, 1.165) is 49.9 Å². The van der Waals surface area contributed by atoms with Crippen molar-refractivity contribution in [2.24, 2.45) is 5.92 Å². The van der Waals surface area contributed by atoms with Gasteiger partial charge in [0.15, 0.2) is 9.84 Å². The first kappa shape index (κ1) is 23.1. The number of nitrogens with zero attached hydrogens (tertiary/aromatic N) is 2. The zero-order valence-corrected chi connectivity index (χ0v) is 19.7. The molecule has 1 atom stereocenters. The maximum absolute atomic E-state index is 14.7. The minimum atomic E-state index is -3.22. The summed E-state index contributed by atoms with van der Waals surface area (Å²) in [5.74, 6) is 0.530. The molecule has 0 spiro atoms. The standard InChI is InChI=1S/C24H31FN2O4S/c1-24(2,28)15-27-8-6-17(7-9-27)22-12-18-11-21(26-13-23(18)31-22)19-5-4-16(10-20(19)25)14-32(3,29)30/h4-5,10-11,13,17,22,28H,6-9,12,14-15H2,1-3H3. The average molecular weight is 463 g/mol. The van der Waals surface area contributed by atoms with Gasteiger partial charge in [-0.1, -0.05) is 6.07 Å². The van der Waals surface area contributed by atoms with Gasteiger partial charge in [0.25, 0.3) is 0 Å². The summed E-state index contributed by atoms with van der Waals surface area (Å²) in [6.45, 7) is 6.23. The second kappa shape index (κ2) is 8.72. The number of sulfone groups is 1. The molecular weight excluding hydrogens is 431 g/mol. The summed E-state index contributed by atoms with van der Waals surface area (Å²) >= 11 is 0. The lowest BCUT2D eigenvalue weighted by atomic mass is 9.88. The van der Waals surface area contributed by atoms with Gasteiger partial charge in [0, 0.05) is 30.3 Å². The molecule has 0 radical (unpaired) electrons. The Morgan fingerprint density at radius 1 is 1.25 bits per heavy atom. The fraction of sp³-hybridized carbons (Fsp3) is 0.542. The van der Waals surface area contributed by atoms with E-state index in [-0.39, 0.29) is 11.9 Å². The van der Waals surface area contributed by atoms with Gasteiger partial charge in [0.2, 0.25) is 0 Å². The molecule has 3 heterocycles. The second-order valence-corrected chi connectivity index (χ2v) is 12.0. The van der Waals surface area contributed by atoms with Crippen LogP contribution < -0.4 is 4.74 Å². The molecule has 6 nitrogen and oxygen atoms in total. The van der Waals surface area contributed by atoms with Crippen LogP contribution >= 0.6 is 0 Å². The Bertz CT molecular complexity index is 1090. The predicted molar refractivity (Wildman–Crippen MR) is 122 cm³/mol. The van der Waals surface area contributed by atoms with E-state index in [4.69, 9.17) is 4.74 Å². The van der Waals surface area contributed by atoms with Crippen LogP contribution in [0.1, 0.15) is 37.8 Å². The van der Waals surface area contributed by atoms with E-state index in [1.54, 1.807) is 18.3 Å². The molecule has 1 N–H and O–H groups in total. The molecule has 32 heavy (non-hydrogen) atoms. The van der Waals surface area contributed by atoms with Crippen molar-refractivity contribution in [3.8, 4) is 17.0 Å². The van der Waals surface area contributed by atoms with Crippen LogP contribution in [0.2, 0.25) is 0 Å². The van der Waals surface area contributed by atoms with Crippen molar-refractivity contribution in [1.82, 2.24) is 9.88 Å². The minimum Gasteiger partial charge on any atom is -0.488 e. The quantitative estimate of drug-likeness (QED) is 0.710. The number of ether oxygens (including phenoxy) is 1. The Hall–Kier alpha value is -2.03. The molecule has 2 aliphatic heterocycles. The molecule has 4 rings (SSSR count). The Kier molecular flexibility index (Phi) is 6.31. The SMILES string of the molecule is CC(C)(O)CN1CCC(C2Cc3cc(-c4ccc(CS(C)(=O)=O)cc4F)ncc3O2)CC1. The third kappa shape index (κ3) is 5.66. The molecule has 1 aromatic heterocycles. The van der Waals surface area contributed by atoms with Crippen LogP contribution in [-0.2, 0) is 22.0 Å². The molecule has 1 saturated heterocycles. The molecule has 0 saturated carbocycles. The van der Waals surface area contributed by atoms with Gasteiger partial charge >= 0.3 is 0 Å². The van der Waals surface area contributed by atoms with Crippen LogP contribution in [0.3, 0.4) is 0 Å². The highest BCUT2D eigenvalue weighted by Crippen LogP contribution is 2.37. The third-order valence-corrected chi connectivity index (χ3v) is 7.01. The molecule has 2 aliphatic rings. The maximum Gasteiger partial charge on any atom is 0.151 e. The molecule has 0 aliphatic carbocycles. The normalized spacial score (nSPS) is 20.2. The Labute approximate surface area is 189 Å². The van der Waals surface area contributed by atoms with E-state index < -0.39 is 21.3 Å². The number of halogens is 1. The predicted octanol–water partition coefficient (Wildman–Crippen LogP) is 3.22. The van der Waals surface area contributed by atoms with Crippen molar-refractivity contribution in [3.63, 3.8) is 0 Å². The third-order valence-electron chi connectivity index (χ3n) is 6.15. The number of piperidine rings is 1. The summed E-state index contributed by atoms with van der Waals surface area (Å²) in [5.41, 5.74) is 1.64. The monoisotopic (exact) mass is 462 g/mol. The fourth-order valence-corrected chi connectivity index (χ4v) is 5.56. The van der Waals surface area contributed by atoms with Crippen LogP contribution in [0.25, 0.3) is 11.3 Å².